The molecule has 176 valence electrons. The van der Waals surface area contributed by atoms with Crippen LogP contribution in [0.2, 0.25) is 5.02 Å². The second-order valence-corrected chi connectivity index (χ2v) is 10.3. The zero-order chi connectivity index (χ0) is 23.7. The lowest BCUT2D eigenvalue weighted by molar-refractivity contribution is -0.149. The van der Waals surface area contributed by atoms with Crippen molar-refractivity contribution in [3.05, 3.63) is 45.3 Å². The smallest absolute Gasteiger partial charge is 0.307 e. The van der Waals surface area contributed by atoms with Gasteiger partial charge in [-0.3, -0.25) is 14.4 Å². The summed E-state index contributed by atoms with van der Waals surface area (Å²) in [7, 11) is 0. The van der Waals surface area contributed by atoms with Gasteiger partial charge in [0.15, 0.2) is 0 Å². The van der Waals surface area contributed by atoms with Gasteiger partial charge in [0.05, 0.1) is 29.6 Å². The Morgan fingerprint density at radius 2 is 1.88 bits per heavy atom. The summed E-state index contributed by atoms with van der Waals surface area (Å²) in [6.45, 7) is 3.45. The molecule has 1 fully saturated rings. The van der Waals surface area contributed by atoms with Crippen LogP contribution in [0.3, 0.4) is 0 Å². The molecule has 2 heterocycles. The second kappa shape index (κ2) is 9.83. The average molecular weight is 491 g/mol. The molecule has 1 aromatic heterocycles. The van der Waals surface area contributed by atoms with Crippen LogP contribution in [0, 0.1) is 11.8 Å². The molecule has 9 heteroatoms. The molecule has 33 heavy (non-hydrogen) atoms. The summed E-state index contributed by atoms with van der Waals surface area (Å²) >= 11 is 7.33. The fraction of sp³-hybridized carbons (Fsp3) is 0.458. The number of nitrogens with one attached hydrogen (secondary N) is 2. The summed E-state index contributed by atoms with van der Waals surface area (Å²) in [5.41, 5.74) is 2.01. The number of anilines is 2. The van der Waals surface area contributed by atoms with E-state index in [9.17, 15) is 19.5 Å². The molecular weight excluding hydrogens is 464 g/mol. The summed E-state index contributed by atoms with van der Waals surface area (Å²) in [6.07, 6.45) is 3.51. The van der Waals surface area contributed by atoms with Gasteiger partial charge in [-0.05, 0) is 68.9 Å². The molecule has 1 aliphatic heterocycles. The average Bonchev–Trinajstić information content (AvgIpc) is 3.46. The van der Waals surface area contributed by atoms with Crippen LogP contribution in [0.4, 0.5) is 10.7 Å². The number of halogens is 1. The monoisotopic (exact) mass is 490 g/mol. The summed E-state index contributed by atoms with van der Waals surface area (Å²) in [4.78, 5) is 39.4. The molecule has 1 saturated heterocycles. The summed E-state index contributed by atoms with van der Waals surface area (Å²) < 4.78 is 5.87. The van der Waals surface area contributed by atoms with Crippen molar-refractivity contribution in [1.82, 2.24) is 0 Å². The number of rotatable bonds is 7. The Labute approximate surface area is 201 Å². The van der Waals surface area contributed by atoms with Crippen molar-refractivity contribution in [3.63, 3.8) is 0 Å². The number of carbonyl (C=O) groups excluding carboxylic acids is 2. The molecule has 2 aliphatic rings. The number of hydrogen-bond acceptors (Lipinski definition) is 5. The lowest BCUT2D eigenvalue weighted by Gasteiger charge is -2.26. The first kappa shape index (κ1) is 23.7. The molecular formula is C24H27ClN2O5S. The van der Waals surface area contributed by atoms with Crippen LogP contribution in [0.15, 0.2) is 24.3 Å². The summed E-state index contributed by atoms with van der Waals surface area (Å²) in [5, 5.41) is 16.4. The number of benzene rings is 1. The van der Waals surface area contributed by atoms with Crippen molar-refractivity contribution in [1.29, 1.82) is 0 Å². The lowest BCUT2D eigenvalue weighted by Crippen LogP contribution is -2.40. The number of carboxylic acid groups (broad SMARTS) is 1. The lowest BCUT2D eigenvalue weighted by atomic mass is 9.86. The summed E-state index contributed by atoms with van der Waals surface area (Å²) in [6, 6.07) is 6.82. The van der Waals surface area contributed by atoms with Gasteiger partial charge in [-0.1, -0.05) is 18.5 Å². The number of hydrogen-bond donors (Lipinski definition) is 3. The first-order valence-corrected chi connectivity index (χ1v) is 12.3. The Hall–Kier alpha value is -2.42. The minimum Gasteiger partial charge on any atom is -0.481 e. The molecule has 4 unspecified atom stereocenters. The predicted octanol–water partition coefficient (Wildman–Crippen LogP) is 4.99. The van der Waals surface area contributed by atoms with Crippen LogP contribution in [0.5, 0.6) is 0 Å². The van der Waals surface area contributed by atoms with E-state index >= 15 is 0 Å². The van der Waals surface area contributed by atoms with Gasteiger partial charge in [0.1, 0.15) is 5.00 Å². The zero-order valence-electron chi connectivity index (χ0n) is 18.5. The molecule has 0 radical (unpaired) electrons. The Morgan fingerprint density at radius 3 is 2.52 bits per heavy atom. The number of carbonyl (C=O) groups is 3. The SMILES string of the molecule is CC1CCC(C(C(=O)Nc2sc3c(c2C(=O)Nc2ccc(Cl)cc2)CCC3)C(C)C(=O)O)O1. The number of ether oxygens (including phenoxy) is 1. The van der Waals surface area contributed by atoms with Gasteiger partial charge in [-0.15, -0.1) is 11.3 Å². The van der Waals surface area contributed by atoms with Gasteiger partial charge in [-0.25, -0.2) is 0 Å². The van der Waals surface area contributed by atoms with E-state index in [1.165, 1.54) is 18.3 Å². The maximum Gasteiger partial charge on any atom is 0.307 e. The Bertz CT molecular complexity index is 1070. The molecule has 1 aliphatic carbocycles. The van der Waals surface area contributed by atoms with Gasteiger partial charge >= 0.3 is 5.97 Å². The van der Waals surface area contributed by atoms with Crippen LogP contribution in [-0.2, 0) is 27.2 Å². The Morgan fingerprint density at radius 1 is 1.15 bits per heavy atom. The standard InChI is InChI=1S/C24H27ClN2O5S/c1-12-6-11-17(32-12)19(13(2)24(30)31)21(28)27-23-20(16-4-3-5-18(16)33-23)22(29)26-15-9-7-14(25)8-10-15/h7-10,12-13,17,19H,3-6,11H2,1-2H3,(H,26,29)(H,27,28)(H,30,31). The van der Waals surface area contributed by atoms with E-state index in [0.717, 1.165) is 36.1 Å². The van der Waals surface area contributed by atoms with E-state index < -0.39 is 29.8 Å². The second-order valence-electron chi connectivity index (χ2n) is 8.73. The van der Waals surface area contributed by atoms with E-state index in [-0.39, 0.29) is 12.0 Å². The molecule has 4 rings (SSSR count). The van der Waals surface area contributed by atoms with Gasteiger partial charge in [0.25, 0.3) is 5.91 Å². The van der Waals surface area contributed by atoms with E-state index in [0.29, 0.717) is 27.7 Å². The fourth-order valence-electron chi connectivity index (χ4n) is 4.62. The molecule has 2 aromatic rings. The third-order valence-electron chi connectivity index (χ3n) is 6.38. The van der Waals surface area contributed by atoms with Crippen LogP contribution in [0.25, 0.3) is 0 Å². The van der Waals surface area contributed by atoms with Crippen molar-refractivity contribution in [3.8, 4) is 0 Å². The van der Waals surface area contributed by atoms with Crippen LogP contribution in [0.1, 0.15) is 53.9 Å². The maximum absolute atomic E-state index is 13.4. The third-order valence-corrected chi connectivity index (χ3v) is 7.84. The van der Waals surface area contributed by atoms with E-state index in [4.69, 9.17) is 16.3 Å². The van der Waals surface area contributed by atoms with Crippen molar-refractivity contribution in [2.45, 2.75) is 58.2 Å². The van der Waals surface area contributed by atoms with Crippen LogP contribution in [-0.4, -0.2) is 35.1 Å². The number of aryl methyl sites for hydroxylation is 1. The van der Waals surface area contributed by atoms with E-state index in [2.05, 4.69) is 10.6 Å². The highest BCUT2D eigenvalue weighted by molar-refractivity contribution is 7.17. The number of aliphatic carboxylic acids is 1. The maximum atomic E-state index is 13.4. The van der Waals surface area contributed by atoms with E-state index in [1.54, 1.807) is 24.3 Å². The van der Waals surface area contributed by atoms with Crippen LogP contribution < -0.4 is 10.6 Å². The number of fused-ring (bicyclic) bond motifs is 1. The van der Waals surface area contributed by atoms with Crippen molar-refractivity contribution < 1.29 is 24.2 Å². The van der Waals surface area contributed by atoms with E-state index in [1.807, 2.05) is 6.92 Å². The Balaban J connectivity index is 1.60. The molecule has 0 spiro atoms. The predicted molar refractivity (Wildman–Crippen MR) is 128 cm³/mol. The molecule has 4 atom stereocenters. The van der Waals surface area contributed by atoms with Crippen molar-refractivity contribution in [2.75, 3.05) is 10.6 Å². The topological polar surface area (TPSA) is 105 Å². The largest absolute Gasteiger partial charge is 0.481 e. The van der Waals surface area contributed by atoms with Gasteiger partial charge in [0.2, 0.25) is 5.91 Å². The summed E-state index contributed by atoms with van der Waals surface area (Å²) in [5.74, 6) is -3.55. The van der Waals surface area contributed by atoms with Gasteiger partial charge in [0, 0.05) is 15.6 Å². The number of amides is 2. The minimum absolute atomic E-state index is 0.0162. The van der Waals surface area contributed by atoms with Gasteiger partial charge < -0.3 is 20.5 Å². The molecule has 0 bridgehead atoms. The molecule has 1 aromatic carbocycles. The highest BCUT2D eigenvalue weighted by Gasteiger charge is 2.41. The number of thiophene rings is 1. The third kappa shape index (κ3) is 5.08. The quantitative estimate of drug-likeness (QED) is 0.507. The first-order valence-electron chi connectivity index (χ1n) is 11.1. The fourth-order valence-corrected chi connectivity index (χ4v) is 6.04. The first-order chi connectivity index (χ1) is 15.7. The minimum atomic E-state index is -1.05. The highest BCUT2D eigenvalue weighted by Crippen LogP contribution is 2.40. The number of carboxylic acids is 1. The van der Waals surface area contributed by atoms with Crippen LogP contribution >= 0.6 is 22.9 Å². The molecule has 0 saturated carbocycles. The zero-order valence-corrected chi connectivity index (χ0v) is 20.1. The van der Waals surface area contributed by atoms with Crippen molar-refractivity contribution in [2.24, 2.45) is 11.8 Å². The Kier molecular flexibility index (Phi) is 7.07. The normalized spacial score (nSPS) is 21.3. The van der Waals surface area contributed by atoms with Gasteiger partial charge in [-0.2, -0.15) is 0 Å². The molecule has 2 amide bonds. The van der Waals surface area contributed by atoms with Crippen molar-refractivity contribution >= 4 is 51.4 Å². The molecule has 3 N–H and O–H groups in total. The highest BCUT2D eigenvalue weighted by atomic mass is 35.5. The molecule has 7 nitrogen and oxygen atoms in total.